The van der Waals surface area contributed by atoms with Crippen LogP contribution >= 0.6 is 22.5 Å². The maximum absolute atomic E-state index is 10.9. The van der Waals surface area contributed by atoms with Crippen molar-refractivity contribution in [3.8, 4) is 11.1 Å². The second-order valence-electron chi connectivity index (χ2n) is 4.02. The Kier molecular flexibility index (Phi) is 6.53. The van der Waals surface area contributed by atoms with Gasteiger partial charge >= 0.3 is 29.6 Å². The van der Waals surface area contributed by atoms with Crippen LogP contribution < -0.4 is 29.6 Å². The fourth-order valence-electron chi connectivity index (χ4n) is 1.66. The van der Waals surface area contributed by atoms with Gasteiger partial charge in [-0.2, -0.15) is 0 Å². The van der Waals surface area contributed by atoms with E-state index >= 15 is 0 Å². The third-order valence-corrected chi connectivity index (χ3v) is 3.77. The van der Waals surface area contributed by atoms with Crippen LogP contribution in [-0.2, 0) is 0 Å². The van der Waals surface area contributed by atoms with Gasteiger partial charge in [0, 0.05) is 5.02 Å². The van der Waals surface area contributed by atoms with Gasteiger partial charge in [0.15, 0.2) is 0 Å². The minimum absolute atomic E-state index is 0. The number of hydrogen-bond donors (Lipinski definition) is 3. The van der Waals surface area contributed by atoms with Gasteiger partial charge in [-0.15, -0.1) is 0 Å². The summed E-state index contributed by atoms with van der Waals surface area (Å²) in [5.41, 5.74) is 0.161. The van der Waals surface area contributed by atoms with Crippen LogP contribution in [0.25, 0.3) is 11.1 Å². The van der Waals surface area contributed by atoms with Crippen molar-refractivity contribution in [3.63, 3.8) is 0 Å². The molecule has 0 aliphatic heterocycles. The molecular weight excluding hydrogens is 311 g/mol. The first kappa shape index (κ1) is 18.0. The molecular formula is C13H12ClNaO4S. The van der Waals surface area contributed by atoms with Crippen LogP contribution in [0.4, 0.5) is 0 Å². The number of benzene rings is 2. The van der Waals surface area contributed by atoms with Crippen LogP contribution in [0.1, 0.15) is 11.0 Å². The van der Waals surface area contributed by atoms with Crippen molar-refractivity contribution in [2.45, 2.75) is 5.44 Å². The Morgan fingerprint density at radius 3 is 1.70 bits per heavy atom. The standard InChI is InChI=1S/C13H13ClO4S.Na/c14-12-7-5-10(6-8-12)9-1-3-11(4-2-9)13(15)19(16,17)18;/h1-8,13,15-18H;/q;+1/p-1. The minimum Gasteiger partial charge on any atom is -0.771 e. The predicted molar refractivity (Wildman–Crippen MR) is 75.5 cm³/mol. The van der Waals surface area contributed by atoms with Crippen LogP contribution in [0.3, 0.4) is 0 Å². The van der Waals surface area contributed by atoms with E-state index in [4.69, 9.17) is 20.7 Å². The first-order valence-corrected chi connectivity index (χ1v) is 7.31. The van der Waals surface area contributed by atoms with Crippen molar-refractivity contribution in [1.82, 2.24) is 0 Å². The van der Waals surface area contributed by atoms with Crippen molar-refractivity contribution in [3.05, 3.63) is 59.1 Å². The largest absolute Gasteiger partial charge is 1.00 e. The summed E-state index contributed by atoms with van der Waals surface area (Å²) >= 11 is 5.80. The molecule has 0 radical (unpaired) electrons. The Morgan fingerprint density at radius 2 is 1.30 bits per heavy atom. The average molecular weight is 323 g/mol. The quantitative estimate of drug-likeness (QED) is 0.733. The molecule has 0 saturated carbocycles. The summed E-state index contributed by atoms with van der Waals surface area (Å²) in [6.45, 7) is 0. The van der Waals surface area contributed by atoms with Crippen molar-refractivity contribution in [2.24, 2.45) is 0 Å². The number of halogens is 1. The molecule has 2 rings (SSSR count). The number of aliphatic hydroxyl groups is 1. The van der Waals surface area contributed by atoms with E-state index in [9.17, 15) is 9.66 Å². The summed E-state index contributed by atoms with van der Waals surface area (Å²) in [6, 6.07) is 13.5. The molecule has 102 valence electrons. The van der Waals surface area contributed by atoms with E-state index in [2.05, 4.69) is 0 Å². The van der Waals surface area contributed by atoms with Gasteiger partial charge in [0.25, 0.3) is 0 Å². The first-order chi connectivity index (χ1) is 8.88. The van der Waals surface area contributed by atoms with Crippen LogP contribution in [0.15, 0.2) is 48.5 Å². The maximum atomic E-state index is 10.9. The molecule has 3 N–H and O–H groups in total. The van der Waals surface area contributed by atoms with Crippen molar-refractivity contribution < 1.29 is 48.3 Å². The molecule has 0 aromatic heterocycles. The van der Waals surface area contributed by atoms with Crippen molar-refractivity contribution in [2.75, 3.05) is 0 Å². The molecule has 0 aliphatic rings. The number of aliphatic hydroxyl groups excluding tert-OH is 1. The normalized spacial score (nSPS) is 13.4. The molecule has 4 nitrogen and oxygen atoms in total. The summed E-state index contributed by atoms with van der Waals surface area (Å²) < 4.78 is 28.7. The van der Waals surface area contributed by atoms with E-state index in [1.54, 1.807) is 24.3 Å². The SMILES string of the molecule is [Na+].[O-]S(O)(O)C(O)c1ccc(-c2ccc(Cl)cc2)cc1. The zero-order valence-electron chi connectivity index (χ0n) is 10.7. The first-order valence-electron chi connectivity index (χ1n) is 5.40. The van der Waals surface area contributed by atoms with E-state index in [0.717, 1.165) is 11.1 Å². The molecule has 0 amide bonds. The molecule has 0 saturated heterocycles. The van der Waals surface area contributed by atoms with Gasteiger partial charge in [-0.25, -0.2) is 0 Å². The van der Waals surface area contributed by atoms with Gasteiger partial charge in [-0.3, -0.25) is 0 Å². The molecule has 0 aliphatic carbocycles. The molecule has 0 bridgehead atoms. The monoisotopic (exact) mass is 322 g/mol. The Bertz CT molecular complexity index is 554. The van der Waals surface area contributed by atoms with Crippen LogP contribution in [0, 0.1) is 0 Å². The fraction of sp³-hybridized carbons (Fsp3) is 0.0769. The van der Waals surface area contributed by atoms with Crippen LogP contribution in [0.2, 0.25) is 5.02 Å². The third kappa shape index (κ3) is 4.46. The summed E-state index contributed by atoms with van der Waals surface area (Å²) in [7, 11) is -4.25. The molecule has 7 heteroatoms. The van der Waals surface area contributed by atoms with Gasteiger partial charge in [0.1, 0.15) is 5.44 Å². The van der Waals surface area contributed by atoms with Gasteiger partial charge in [0.2, 0.25) is 0 Å². The fourth-order valence-corrected chi connectivity index (χ4v) is 2.30. The Morgan fingerprint density at radius 1 is 0.900 bits per heavy atom. The van der Waals surface area contributed by atoms with Gasteiger partial charge in [-0.05, 0) is 28.8 Å². The van der Waals surface area contributed by atoms with Gasteiger partial charge in [0.05, 0.1) is 0 Å². The molecule has 1 unspecified atom stereocenters. The van der Waals surface area contributed by atoms with Gasteiger partial charge < -0.3 is 18.8 Å². The molecule has 0 spiro atoms. The summed E-state index contributed by atoms with van der Waals surface area (Å²) in [5.74, 6) is 0. The zero-order chi connectivity index (χ0) is 14.0. The molecule has 0 heterocycles. The Labute approximate surface area is 145 Å². The van der Waals surface area contributed by atoms with Crippen LogP contribution in [-0.4, -0.2) is 18.8 Å². The molecule has 0 fully saturated rings. The van der Waals surface area contributed by atoms with Crippen molar-refractivity contribution >= 4 is 22.5 Å². The number of rotatable bonds is 3. The summed E-state index contributed by atoms with van der Waals surface area (Å²) in [6.07, 6.45) is 0. The smallest absolute Gasteiger partial charge is 0.771 e. The molecule has 2 aromatic rings. The summed E-state index contributed by atoms with van der Waals surface area (Å²) in [5, 5.41) is 10.1. The van der Waals surface area contributed by atoms with Crippen molar-refractivity contribution in [1.29, 1.82) is 0 Å². The van der Waals surface area contributed by atoms with Crippen LogP contribution in [0.5, 0.6) is 0 Å². The van der Waals surface area contributed by atoms with E-state index in [-0.39, 0.29) is 35.1 Å². The van der Waals surface area contributed by atoms with Gasteiger partial charge in [-0.1, -0.05) is 58.9 Å². The predicted octanol–water partition coefficient (Wildman–Crippen LogP) is 0.883. The average Bonchev–Trinajstić information content (AvgIpc) is 2.38. The zero-order valence-corrected chi connectivity index (χ0v) is 14.3. The molecule has 1 atom stereocenters. The van der Waals surface area contributed by atoms with E-state index in [1.807, 2.05) is 12.1 Å². The minimum atomic E-state index is -4.25. The molecule has 2 aromatic carbocycles. The van der Waals surface area contributed by atoms with E-state index in [1.165, 1.54) is 12.1 Å². The topological polar surface area (TPSA) is 83.8 Å². The second-order valence-corrected chi connectivity index (χ2v) is 5.98. The maximum Gasteiger partial charge on any atom is 1.00 e. The Balaban J connectivity index is 0.00000200. The Hall–Kier alpha value is -0.0800. The summed E-state index contributed by atoms with van der Waals surface area (Å²) in [4.78, 5) is 0. The second kappa shape index (κ2) is 7.26. The number of hydrogen-bond acceptors (Lipinski definition) is 4. The van der Waals surface area contributed by atoms with E-state index in [0.29, 0.717) is 5.02 Å². The third-order valence-electron chi connectivity index (χ3n) is 2.66. The molecule has 20 heavy (non-hydrogen) atoms. The van der Waals surface area contributed by atoms with E-state index < -0.39 is 16.3 Å².